The minimum Gasteiger partial charge on any atom is -0.506 e. The fraction of sp³-hybridized carbons (Fsp3) is 0.100. The van der Waals surface area contributed by atoms with E-state index in [1.807, 2.05) is 49.4 Å². The number of pyridine rings is 1. The van der Waals surface area contributed by atoms with E-state index in [4.69, 9.17) is 0 Å². The minimum absolute atomic E-state index is 0.0316. The molecular weight excluding hydrogens is 346 g/mol. The Morgan fingerprint density at radius 3 is 2.62 bits per heavy atom. The number of aromatic nitrogens is 2. The van der Waals surface area contributed by atoms with Crippen molar-refractivity contribution in [2.75, 3.05) is 5.32 Å². The molecule has 0 unspecified atom stereocenters. The highest BCUT2D eigenvalue weighted by Gasteiger charge is 2.18. The molecule has 0 aliphatic rings. The summed E-state index contributed by atoms with van der Waals surface area (Å²) in [5, 5.41) is 17.0. The van der Waals surface area contributed by atoms with Crippen molar-refractivity contribution in [2.45, 2.75) is 6.92 Å². The van der Waals surface area contributed by atoms with Crippen LogP contribution in [0.2, 0.25) is 0 Å². The molecule has 26 heavy (non-hydrogen) atoms. The topological polar surface area (TPSA) is 67.2 Å². The molecule has 6 heteroatoms. The van der Waals surface area contributed by atoms with Gasteiger partial charge in [0.25, 0.3) is 5.56 Å². The van der Waals surface area contributed by atoms with Gasteiger partial charge in [0.2, 0.25) is 0 Å². The molecule has 4 aromatic rings. The molecule has 4 rings (SSSR count). The number of para-hydroxylation sites is 1. The van der Waals surface area contributed by atoms with Gasteiger partial charge in [-0.1, -0.05) is 29.8 Å². The molecule has 2 aromatic heterocycles. The zero-order valence-electron chi connectivity index (χ0n) is 14.4. The van der Waals surface area contributed by atoms with Crippen molar-refractivity contribution >= 4 is 33.1 Å². The predicted molar refractivity (Wildman–Crippen MR) is 106 cm³/mol. The van der Waals surface area contributed by atoms with E-state index in [9.17, 15) is 9.90 Å². The molecule has 0 radical (unpaired) electrons. The Balaban J connectivity index is 1.78. The first-order valence-corrected chi connectivity index (χ1v) is 9.03. The smallest absolute Gasteiger partial charge is 0.264 e. The summed E-state index contributed by atoms with van der Waals surface area (Å²) >= 11 is 1.39. The quantitative estimate of drug-likeness (QED) is 0.565. The number of aryl methyl sites for hydroxylation is 2. The fourth-order valence-corrected chi connectivity index (χ4v) is 3.64. The van der Waals surface area contributed by atoms with E-state index in [1.165, 1.54) is 21.5 Å². The molecule has 0 saturated carbocycles. The number of hydrogen-bond donors (Lipinski definition) is 2. The summed E-state index contributed by atoms with van der Waals surface area (Å²) in [5.41, 5.74) is 3.21. The summed E-state index contributed by atoms with van der Waals surface area (Å²) in [6.45, 7) is 2.03. The van der Waals surface area contributed by atoms with Crippen LogP contribution in [0.5, 0.6) is 5.75 Å². The van der Waals surface area contributed by atoms with Crippen molar-refractivity contribution in [3.63, 3.8) is 0 Å². The highest BCUT2D eigenvalue weighted by atomic mass is 32.1. The van der Waals surface area contributed by atoms with Crippen LogP contribution in [0.15, 0.2) is 58.7 Å². The van der Waals surface area contributed by atoms with E-state index in [2.05, 4.69) is 10.3 Å². The van der Waals surface area contributed by atoms with Gasteiger partial charge in [0.1, 0.15) is 11.3 Å². The monoisotopic (exact) mass is 363 g/mol. The van der Waals surface area contributed by atoms with Crippen LogP contribution in [0.4, 0.5) is 10.8 Å². The van der Waals surface area contributed by atoms with Crippen LogP contribution in [-0.2, 0) is 7.05 Å². The molecular formula is C20H17N3O2S. The van der Waals surface area contributed by atoms with Crippen LogP contribution in [-0.4, -0.2) is 14.7 Å². The number of aromatic hydroxyl groups is 1. The SMILES string of the molecule is Cc1ccc(Nc2nc(-c3c(O)c4ccccc4n(C)c3=O)cs2)cc1. The van der Waals surface area contributed by atoms with Crippen LogP contribution >= 0.6 is 11.3 Å². The average Bonchev–Trinajstić information content (AvgIpc) is 3.10. The molecule has 2 heterocycles. The molecule has 2 N–H and O–H groups in total. The normalized spacial score (nSPS) is 11.0. The summed E-state index contributed by atoms with van der Waals surface area (Å²) in [4.78, 5) is 17.3. The predicted octanol–water partition coefficient (Wildman–Crippen LogP) is 4.42. The zero-order chi connectivity index (χ0) is 18.3. The number of rotatable bonds is 3. The molecule has 0 atom stereocenters. The largest absolute Gasteiger partial charge is 0.506 e. The lowest BCUT2D eigenvalue weighted by Crippen LogP contribution is -2.19. The number of hydrogen-bond acceptors (Lipinski definition) is 5. The van der Waals surface area contributed by atoms with Crippen LogP contribution in [0.1, 0.15) is 5.56 Å². The Morgan fingerprint density at radius 1 is 1.12 bits per heavy atom. The molecule has 0 spiro atoms. The van der Waals surface area contributed by atoms with Gasteiger partial charge >= 0.3 is 0 Å². The van der Waals surface area contributed by atoms with Crippen molar-refractivity contribution in [1.29, 1.82) is 0 Å². The molecule has 0 fully saturated rings. The minimum atomic E-state index is -0.270. The molecule has 2 aromatic carbocycles. The number of fused-ring (bicyclic) bond motifs is 1. The van der Waals surface area contributed by atoms with Gasteiger partial charge in [-0.2, -0.15) is 0 Å². The Labute approximate surface area is 154 Å². The van der Waals surface area contributed by atoms with E-state index in [0.717, 1.165) is 5.69 Å². The second kappa shape index (κ2) is 6.31. The van der Waals surface area contributed by atoms with Gasteiger partial charge in [-0.15, -0.1) is 11.3 Å². The Bertz CT molecular complexity index is 1160. The van der Waals surface area contributed by atoms with Crippen molar-refractivity contribution < 1.29 is 5.11 Å². The van der Waals surface area contributed by atoms with Gasteiger partial charge in [0.15, 0.2) is 5.13 Å². The van der Waals surface area contributed by atoms with E-state index in [0.29, 0.717) is 21.7 Å². The first-order chi connectivity index (χ1) is 12.5. The van der Waals surface area contributed by atoms with E-state index in [1.54, 1.807) is 18.5 Å². The number of anilines is 2. The first kappa shape index (κ1) is 16.4. The van der Waals surface area contributed by atoms with E-state index >= 15 is 0 Å². The van der Waals surface area contributed by atoms with Crippen molar-refractivity contribution in [2.24, 2.45) is 7.05 Å². The molecule has 0 amide bonds. The summed E-state index contributed by atoms with van der Waals surface area (Å²) < 4.78 is 1.54. The third-order valence-electron chi connectivity index (χ3n) is 4.34. The summed E-state index contributed by atoms with van der Waals surface area (Å²) in [5.74, 6) is -0.0316. The molecule has 0 aliphatic carbocycles. The molecule has 5 nitrogen and oxygen atoms in total. The molecule has 130 valence electrons. The highest BCUT2D eigenvalue weighted by molar-refractivity contribution is 7.14. The number of benzene rings is 2. The Hall–Kier alpha value is -3.12. The Morgan fingerprint density at radius 2 is 1.85 bits per heavy atom. The maximum Gasteiger partial charge on any atom is 0.264 e. The first-order valence-electron chi connectivity index (χ1n) is 8.15. The zero-order valence-corrected chi connectivity index (χ0v) is 15.2. The number of nitrogens with zero attached hydrogens (tertiary/aromatic N) is 2. The average molecular weight is 363 g/mol. The maximum absolute atomic E-state index is 12.8. The Kier molecular flexibility index (Phi) is 3.97. The molecule has 0 saturated heterocycles. The van der Waals surface area contributed by atoms with Crippen LogP contribution in [0.3, 0.4) is 0 Å². The lowest BCUT2D eigenvalue weighted by atomic mass is 10.1. The van der Waals surface area contributed by atoms with Crippen LogP contribution in [0, 0.1) is 6.92 Å². The van der Waals surface area contributed by atoms with Crippen molar-refractivity contribution in [3.05, 3.63) is 69.8 Å². The number of nitrogens with one attached hydrogen (secondary N) is 1. The third kappa shape index (κ3) is 2.74. The van der Waals surface area contributed by atoms with E-state index < -0.39 is 0 Å². The fourth-order valence-electron chi connectivity index (χ4n) is 2.92. The second-order valence-corrected chi connectivity index (χ2v) is 6.99. The number of thiazole rings is 1. The molecule has 0 aliphatic heterocycles. The lowest BCUT2D eigenvalue weighted by molar-refractivity contribution is 0.481. The lowest BCUT2D eigenvalue weighted by Gasteiger charge is -2.10. The second-order valence-electron chi connectivity index (χ2n) is 6.13. The highest BCUT2D eigenvalue weighted by Crippen LogP contribution is 2.34. The van der Waals surface area contributed by atoms with Gasteiger partial charge in [-0.25, -0.2) is 4.98 Å². The molecule has 0 bridgehead atoms. The summed E-state index contributed by atoms with van der Waals surface area (Å²) in [7, 11) is 1.70. The van der Waals surface area contributed by atoms with Gasteiger partial charge in [-0.3, -0.25) is 4.79 Å². The van der Waals surface area contributed by atoms with Crippen molar-refractivity contribution in [1.82, 2.24) is 9.55 Å². The summed E-state index contributed by atoms with van der Waals surface area (Å²) in [6.07, 6.45) is 0. The van der Waals surface area contributed by atoms with Gasteiger partial charge < -0.3 is 15.0 Å². The van der Waals surface area contributed by atoms with Gasteiger partial charge in [-0.05, 0) is 31.2 Å². The van der Waals surface area contributed by atoms with Crippen LogP contribution in [0.25, 0.3) is 22.2 Å². The van der Waals surface area contributed by atoms with Gasteiger partial charge in [0.05, 0.1) is 11.2 Å². The standard InChI is InChI=1S/C20H17N3O2S/c1-12-7-9-13(10-8-12)21-20-22-15(11-26-20)17-18(24)14-5-3-4-6-16(14)23(2)19(17)25/h3-11,24H,1-2H3,(H,21,22). The third-order valence-corrected chi connectivity index (χ3v) is 5.10. The summed E-state index contributed by atoms with van der Waals surface area (Å²) in [6, 6.07) is 15.3. The van der Waals surface area contributed by atoms with Gasteiger partial charge in [0, 0.05) is 23.5 Å². The van der Waals surface area contributed by atoms with Crippen molar-refractivity contribution in [3.8, 4) is 17.0 Å². The van der Waals surface area contributed by atoms with E-state index in [-0.39, 0.29) is 16.9 Å². The van der Waals surface area contributed by atoms with Crippen LogP contribution < -0.4 is 10.9 Å². The maximum atomic E-state index is 12.8.